The first-order valence-corrected chi connectivity index (χ1v) is 8.56. The number of nitrogens with one attached hydrogen (secondary N) is 1. The molecule has 2 rings (SSSR count). The molecule has 0 aliphatic heterocycles. The normalized spacial score (nSPS) is 17.5. The van der Waals surface area contributed by atoms with Crippen LogP contribution in [0.25, 0.3) is 0 Å². The fraction of sp³-hybridized carbons (Fsp3) is 0.769. The molecule has 1 aliphatic rings. The average molecular weight is 351 g/mol. The van der Waals surface area contributed by atoms with E-state index in [1.165, 1.54) is 19.3 Å². The molecule has 1 aliphatic carbocycles. The number of hydrogen-bond donors (Lipinski definition) is 2. The minimum absolute atomic E-state index is 0.0380. The number of nitrogen functional groups attached to an aromatic ring is 1. The molecular formula is C13H20F3N5OS. The Morgan fingerprint density at radius 3 is 2.39 bits per heavy atom. The molecule has 130 valence electrons. The highest BCUT2D eigenvalue weighted by Crippen LogP contribution is 2.28. The molecule has 0 aromatic carbocycles. The predicted molar refractivity (Wildman–Crippen MR) is 80.1 cm³/mol. The first-order chi connectivity index (χ1) is 10.9. The van der Waals surface area contributed by atoms with Gasteiger partial charge >= 0.3 is 6.18 Å². The van der Waals surface area contributed by atoms with Crippen LogP contribution < -0.4 is 11.2 Å². The van der Waals surface area contributed by atoms with Crippen molar-refractivity contribution in [3.8, 4) is 0 Å². The second-order valence-corrected chi connectivity index (χ2v) is 6.51. The van der Waals surface area contributed by atoms with Gasteiger partial charge in [-0.1, -0.05) is 43.9 Å². The number of carbonyl (C=O) groups is 1. The SMILES string of the molecule is Nn1c(SCC(=O)NC2CCCCCCC2)nnc1C(F)(F)F. The second-order valence-electron chi connectivity index (χ2n) is 5.57. The summed E-state index contributed by atoms with van der Waals surface area (Å²) in [7, 11) is 0. The maximum atomic E-state index is 12.5. The molecule has 23 heavy (non-hydrogen) atoms. The minimum Gasteiger partial charge on any atom is -0.353 e. The van der Waals surface area contributed by atoms with Crippen molar-refractivity contribution in [1.82, 2.24) is 20.2 Å². The number of thioether (sulfide) groups is 1. The van der Waals surface area contributed by atoms with Gasteiger partial charge in [0, 0.05) is 6.04 Å². The van der Waals surface area contributed by atoms with Gasteiger partial charge in [-0.15, -0.1) is 10.2 Å². The van der Waals surface area contributed by atoms with E-state index in [1.54, 1.807) is 0 Å². The summed E-state index contributed by atoms with van der Waals surface area (Å²) in [5, 5.41) is 9.19. The number of halogens is 3. The highest BCUT2D eigenvalue weighted by molar-refractivity contribution is 7.99. The molecule has 3 N–H and O–H groups in total. The van der Waals surface area contributed by atoms with Crippen molar-refractivity contribution in [3.63, 3.8) is 0 Å². The van der Waals surface area contributed by atoms with Gasteiger partial charge in [0.1, 0.15) is 0 Å². The Balaban J connectivity index is 1.83. The summed E-state index contributed by atoms with van der Waals surface area (Å²) in [4.78, 5) is 11.9. The number of nitrogens with two attached hydrogens (primary N) is 1. The van der Waals surface area contributed by atoms with Gasteiger partial charge in [0.05, 0.1) is 5.75 Å². The molecule has 6 nitrogen and oxygen atoms in total. The molecule has 1 aromatic heterocycles. The Morgan fingerprint density at radius 1 is 1.22 bits per heavy atom. The van der Waals surface area contributed by atoms with E-state index in [2.05, 4.69) is 15.5 Å². The van der Waals surface area contributed by atoms with Gasteiger partial charge in [0.15, 0.2) is 0 Å². The predicted octanol–water partition coefficient (Wildman–Crippen LogP) is 2.33. The van der Waals surface area contributed by atoms with Crippen molar-refractivity contribution in [3.05, 3.63) is 5.82 Å². The summed E-state index contributed by atoms with van der Waals surface area (Å²) >= 11 is 0.842. The molecule has 1 amide bonds. The van der Waals surface area contributed by atoms with E-state index in [0.29, 0.717) is 4.68 Å². The molecule has 1 aromatic rings. The molecule has 0 unspecified atom stereocenters. The largest absolute Gasteiger partial charge is 0.453 e. The third-order valence-corrected chi connectivity index (χ3v) is 4.66. The number of amides is 1. The summed E-state index contributed by atoms with van der Waals surface area (Å²) in [6, 6.07) is 0.143. The molecule has 1 heterocycles. The standard InChI is InChI=1S/C13H20F3N5OS/c14-13(15,16)11-19-20-12(21(11)17)23-8-10(22)18-9-6-4-2-1-3-5-7-9/h9H,1-8,17H2,(H,18,22). The summed E-state index contributed by atoms with van der Waals surface area (Å²) in [5.74, 6) is 3.78. The van der Waals surface area contributed by atoms with Crippen molar-refractivity contribution >= 4 is 17.7 Å². The lowest BCUT2D eigenvalue weighted by Gasteiger charge is -2.20. The Hall–Kier alpha value is -1.45. The quantitative estimate of drug-likeness (QED) is 0.642. The highest BCUT2D eigenvalue weighted by atomic mass is 32.2. The summed E-state index contributed by atoms with van der Waals surface area (Å²) < 4.78 is 38.0. The van der Waals surface area contributed by atoms with Crippen molar-refractivity contribution in [2.24, 2.45) is 0 Å². The molecule has 0 saturated heterocycles. The van der Waals surface area contributed by atoms with Crippen LogP contribution >= 0.6 is 11.8 Å². The van der Waals surface area contributed by atoms with Crippen LogP contribution in [0.2, 0.25) is 0 Å². The zero-order valence-corrected chi connectivity index (χ0v) is 13.4. The van der Waals surface area contributed by atoms with Crippen LogP contribution in [0.3, 0.4) is 0 Å². The van der Waals surface area contributed by atoms with E-state index < -0.39 is 12.0 Å². The number of nitrogens with zero attached hydrogens (tertiary/aromatic N) is 3. The second kappa shape index (κ2) is 7.89. The Morgan fingerprint density at radius 2 is 1.83 bits per heavy atom. The van der Waals surface area contributed by atoms with Crippen LogP contribution in [0.15, 0.2) is 5.16 Å². The number of hydrogen-bond acceptors (Lipinski definition) is 5. The topological polar surface area (TPSA) is 85.8 Å². The molecule has 0 radical (unpaired) electrons. The van der Waals surface area contributed by atoms with Crippen LogP contribution in [0, 0.1) is 0 Å². The van der Waals surface area contributed by atoms with Crippen LogP contribution in [-0.2, 0) is 11.0 Å². The summed E-state index contributed by atoms with van der Waals surface area (Å²) in [5.41, 5.74) is 0. The third kappa shape index (κ3) is 5.29. The van der Waals surface area contributed by atoms with Gasteiger partial charge in [0.2, 0.25) is 11.1 Å². The molecule has 10 heteroatoms. The van der Waals surface area contributed by atoms with Gasteiger partial charge < -0.3 is 11.2 Å². The smallest absolute Gasteiger partial charge is 0.353 e. The number of carbonyl (C=O) groups excluding carboxylic acids is 1. The van der Waals surface area contributed by atoms with Gasteiger partial charge in [-0.25, -0.2) is 4.68 Å². The minimum atomic E-state index is -4.67. The number of aromatic nitrogens is 3. The van der Waals surface area contributed by atoms with E-state index in [-0.39, 0.29) is 22.9 Å². The molecule has 1 fully saturated rings. The van der Waals surface area contributed by atoms with Gasteiger partial charge in [0.25, 0.3) is 5.82 Å². The van der Waals surface area contributed by atoms with E-state index in [0.717, 1.165) is 37.4 Å². The van der Waals surface area contributed by atoms with Gasteiger partial charge in [-0.3, -0.25) is 4.79 Å². The van der Waals surface area contributed by atoms with E-state index in [9.17, 15) is 18.0 Å². The van der Waals surface area contributed by atoms with Crippen molar-refractivity contribution in [2.45, 2.75) is 62.3 Å². The van der Waals surface area contributed by atoms with Gasteiger partial charge in [-0.05, 0) is 12.8 Å². The maximum Gasteiger partial charge on any atom is 0.453 e. The van der Waals surface area contributed by atoms with Crippen molar-refractivity contribution in [1.29, 1.82) is 0 Å². The fourth-order valence-electron chi connectivity index (χ4n) is 2.57. The monoisotopic (exact) mass is 351 g/mol. The fourth-order valence-corrected chi connectivity index (χ4v) is 3.24. The lowest BCUT2D eigenvalue weighted by Crippen LogP contribution is -2.36. The lowest BCUT2D eigenvalue weighted by atomic mass is 9.97. The maximum absolute atomic E-state index is 12.5. The Kier molecular flexibility index (Phi) is 6.14. The van der Waals surface area contributed by atoms with E-state index >= 15 is 0 Å². The number of alkyl halides is 3. The average Bonchev–Trinajstić information content (AvgIpc) is 2.80. The van der Waals surface area contributed by atoms with Crippen molar-refractivity contribution in [2.75, 3.05) is 11.6 Å². The Labute approximate surface area is 136 Å². The third-order valence-electron chi connectivity index (χ3n) is 3.72. The Bertz CT molecular complexity index is 526. The molecule has 0 spiro atoms. The lowest BCUT2D eigenvalue weighted by molar-refractivity contribution is -0.146. The van der Waals surface area contributed by atoms with Crippen LogP contribution in [-0.4, -0.2) is 32.6 Å². The molecule has 0 atom stereocenters. The zero-order chi connectivity index (χ0) is 16.9. The van der Waals surface area contributed by atoms with Crippen LogP contribution in [0.5, 0.6) is 0 Å². The first-order valence-electron chi connectivity index (χ1n) is 7.58. The van der Waals surface area contributed by atoms with Crippen LogP contribution in [0.4, 0.5) is 13.2 Å². The van der Waals surface area contributed by atoms with Crippen LogP contribution in [0.1, 0.15) is 50.8 Å². The molecule has 0 bridgehead atoms. The molecule has 1 saturated carbocycles. The summed E-state index contributed by atoms with van der Waals surface area (Å²) in [6.45, 7) is 0. The summed E-state index contributed by atoms with van der Waals surface area (Å²) in [6.07, 6.45) is 3.00. The first kappa shape index (κ1) is 17.9. The molecular weight excluding hydrogens is 331 g/mol. The number of rotatable bonds is 4. The highest BCUT2D eigenvalue weighted by Gasteiger charge is 2.38. The van der Waals surface area contributed by atoms with Gasteiger partial charge in [-0.2, -0.15) is 13.2 Å². The van der Waals surface area contributed by atoms with Crippen molar-refractivity contribution < 1.29 is 18.0 Å². The zero-order valence-electron chi connectivity index (χ0n) is 12.6. The van der Waals surface area contributed by atoms with E-state index in [1.807, 2.05) is 0 Å². The van der Waals surface area contributed by atoms with E-state index in [4.69, 9.17) is 5.84 Å².